The molecule has 1 aromatic carbocycles. The van der Waals surface area contributed by atoms with Crippen LogP contribution in [0.1, 0.15) is 22.8 Å². The highest BCUT2D eigenvalue weighted by Gasteiger charge is 2.21. The highest BCUT2D eigenvalue weighted by atomic mass is 19.1. The van der Waals surface area contributed by atoms with Crippen LogP contribution in [0.25, 0.3) is 0 Å². The number of halogens is 1. The number of ketones is 1. The van der Waals surface area contributed by atoms with Crippen LogP contribution in [0.2, 0.25) is 0 Å². The van der Waals surface area contributed by atoms with Crippen molar-refractivity contribution in [1.29, 1.82) is 0 Å². The molecular weight excluding hydrogens is 223 g/mol. The number of Topliss-reactive ketones (excluding diaryl/α,β-unsaturated/α-hetero) is 1. The zero-order chi connectivity index (χ0) is 13.0. The maximum absolute atomic E-state index is 13.4. The Morgan fingerprint density at radius 1 is 1.41 bits per heavy atom. The van der Waals surface area contributed by atoms with E-state index in [0.29, 0.717) is 0 Å². The summed E-state index contributed by atoms with van der Waals surface area (Å²) in [5.41, 5.74) is 0.200. The fraction of sp³-hybridized carbons (Fsp3) is 0.231. The second kappa shape index (κ2) is 5.39. The Kier molecular flexibility index (Phi) is 4.15. The Morgan fingerprint density at radius 2 is 2.06 bits per heavy atom. The molecule has 1 rings (SSSR count). The van der Waals surface area contributed by atoms with Gasteiger partial charge in [0.25, 0.3) is 0 Å². The summed E-state index contributed by atoms with van der Waals surface area (Å²) in [4.78, 5) is 23.1. The Balaban J connectivity index is 3.00. The van der Waals surface area contributed by atoms with Gasteiger partial charge in [-0.25, -0.2) is 9.18 Å². The molecule has 4 heteroatoms. The van der Waals surface area contributed by atoms with Gasteiger partial charge in [-0.3, -0.25) is 4.79 Å². The first kappa shape index (κ1) is 13.1. The minimum absolute atomic E-state index is 0.140. The van der Waals surface area contributed by atoms with Crippen LogP contribution in [0, 0.1) is 12.7 Å². The molecule has 0 bridgehead atoms. The van der Waals surface area contributed by atoms with Gasteiger partial charge in [0.05, 0.1) is 12.2 Å². The van der Waals surface area contributed by atoms with E-state index in [9.17, 15) is 14.0 Å². The molecule has 0 N–H and O–H groups in total. The Hall–Kier alpha value is -1.97. The van der Waals surface area contributed by atoms with Crippen molar-refractivity contribution in [3.63, 3.8) is 0 Å². The molecule has 0 heterocycles. The molecule has 0 atom stereocenters. The van der Waals surface area contributed by atoms with Crippen LogP contribution in [0.3, 0.4) is 0 Å². The van der Waals surface area contributed by atoms with Crippen LogP contribution in [0.5, 0.6) is 0 Å². The normalized spacial score (nSPS) is 9.82. The first-order valence-corrected chi connectivity index (χ1v) is 5.14. The van der Waals surface area contributed by atoms with E-state index < -0.39 is 17.6 Å². The molecule has 0 aliphatic carbocycles. The van der Waals surface area contributed by atoms with Gasteiger partial charge < -0.3 is 4.74 Å². The molecule has 0 fully saturated rings. The van der Waals surface area contributed by atoms with Crippen molar-refractivity contribution >= 4 is 11.8 Å². The predicted molar refractivity (Wildman–Crippen MR) is 61.2 cm³/mol. The molecule has 0 saturated carbocycles. The van der Waals surface area contributed by atoms with Crippen molar-refractivity contribution < 1.29 is 18.7 Å². The van der Waals surface area contributed by atoms with Crippen molar-refractivity contribution in [2.45, 2.75) is 13.8 Å². The van der Waals surface area contributed by atoms with E-state index in [2.05, 4.69) is 11.3 Å². The zero-order valence-corrected chi connectivity index (χ0v) is 9.75. The summed E-state index contributed by atoms with van der Waals surface area (Å²) < 4.78 is 18.1. The molecular formula is C13H13FO3. The third kappa shape index (κ3) is 3.00. The van der Waals surface area contributed by atoms with Gasteiger partial charge in [-0.15, -0.1) is 0 Å². The van der Waals surface area contributed by atoms with Gasteiger partial charge >= 0.3 is 5.97 Å². The standard InChI is InChI=1S/C13H13FO3/c1-4-17-13(16)9(3)12(15)10-7-8(2)5-6-11(10)14/h5-7H,3-4H2,1-2H3. The molecule has 90 valence electrons. The van der Waals surface area contributed by atoms with Gasteiger partial charge in [-0.1, -0.05) is 18.2 Å². The van der Waals surface area contributed by atoms with E-state index in [4.69, 9.17) is 0 Å². The van der Waals surface area contributed by atoms with Crippen LogP contribution in [-0.2, 0) is 9.53 Å². The number of aryl methyl sites for hydroxylation is 1. The van der Waals surface area contributed by atoms with Crippen molar-refractivity contribution in [2.24, 2.45) is 0 Å². The van der Waals surface area contributed by atoms with E-state index in [1.54, 1.807) is 19.9 Å². The van der Waals surface area contributed by atoms with Crippen molar-refractivity contribution in [3.8, 4) is 0 Å². The molecule has 0 unspecified atom stereocenters. The average Bonchev–Trinajstić information content (AvgIpc) is 2.30. The summed E-state index contributed by atoms with van der Waals surface area (Å²) in [6, 6.07) is 4.10. The van der Waals surface area contributed by atoms with Gasteiger partial charge in [0.1, 0.15) is 11.4 Å². The minimum atomic E-state index is -0.821. The SMILES string of the molecule is C=C(C(=O)OCC)C(=O)c1cc(C)ccc1F. The Labute approximate surface area is 98.9 Å². The number of carbonyl (C=O) groups is 2. The summed E-state index contributed by atoms with van der Waals surface area (Å²) >= 11 is 0. The molecule has 0 amide bonds. The van der Waals surface area contributed by atoms with Crippen molar-refractivity contribution in [3.05, 3.63) is 47.3 Å². The number of ether oxygens (including phenoxy) is 1. The molecule has 0 aliphatic heterocycles. The number of hydrogen-bond donors (Lipinski definition) is 0. The summed E-state index contributed by atoms with van der Waals surface area (Å²) in [6.45, 7) is 6.81. The van der Waals surface area contributed by atoms with E-state index in [-0.39, 0.29) is 17.7 Å². The third-order valence-corrected chi connectivity index (χ3v) is 2.16. The maximum atomic E-state index is 13.4. The number of esters is 1. The first-order valence-electron chi connectivity index (χ1n) is 5.14. The van der Waals surface area contributed by atoms with Crippen LogP contribution in [0.15, 0.2) is 30.4 Å². The quantitative estimate of drug-likeness (QED) is 0.265. The molecule has 0 radical (unpaired) electrons. The Morgan fingerprint density at radius 3 is 2.65 bits per heavy atom. The van der Waals surface area contributed by atoms with Crippen LogP contribution in [0.4, 0.5) is 4.39 Å². The lowest BCUT2D eigenvalue weighted by molar-refractivity contribution is -0.138. The summed E-state index contributed by atoms with van der Waals surface area (Å²) in [7, 11) is 0. The lowest BCUT2D eigenvalue weighted by atomic mass is 10.0. The van der Waals surface area contributed by atoms with Gasteiger partial charge in [0, 0.05) is 0 Å². The number of rotatable bonds is 4. The molecule has 1 aromatic rings. The van der Waals surface area contributed by atoms with Gasteiger partial charge in [0.15, 0.2) is 0 Å². The average molecular weight is 236 g/mol. The van der Waals surface area contributed by atoms with Crippen LogP contribution >= 0.6 is 0 Å². The van der Waals surface area contributed by atoms with E-state index in [1.165, 1.54) is 12.1 Å². The second-order valence-corrected chi connectivity index (χ2v) is 3.51. The highest BCUT2D eigenvalue weighted by Crippen LogP contribution is 2.14. The second-order valence-electron chi connectivity index (χ2n) is 3.51. The Bertz CT molecular complexity index is 478. The predicted octanol–water partition coefficient (Wildman–Crippen LogP) is 2.44. The summed E-state index contributed by atoms with van der Waals surface area (Å²) in [6.07, 6.45) is 0. The molecule has 0 aliphatic rings. The van der Waals surface area contributed by atoms with Gasteiger partial charge in [-0.05, 0) is 26.0 Å². The third-order valence-electron chi connectivity index (χ3n) is 2.16. The summed E-state index contributed by atoms with van der Waals surface area (Å²) in [5.74, 6) is -2.24. The topological polar surface area (TPSA) is 43.4 Å². The van der Waals surface area contributed by atoms with Crippen LogP contribution in [-0.4, -0.2) is 18.4 Å². The zero-order valence-electron chi connectivity index (χ0n) is 9.75. The van der Waals surface area contributed by atoms with E-state index in [1.807, 2.05) is 0 Å². The largest absolute Gasteiger partial charge is 0.462 e. The van der Waals surface area contributed by atoms with Crippen molar-refractivity contribution in [1.82, 2.24) is 0 Å². The van der Waals surface area contributed by atoms with E-state index >= 15 is 0 Å². The lowest BCUT2D eigenvalue weighted by Gasteiger charge is -2.06. The van der Waals surface area contributed by atoms with Crippen molar-refractivity contribution in [2.75, 3.05) is 6.61 Å². The first-order chi connectivity index (χ1) is 7.97. The molecule has 0 spiro atoms. The molecule has 0 aromatic heterocycles. The maximum Gasteiger partial charge on any atom is 0.341 e. The monoisotopic (exact) mass is 236 g/mol. The van der Waals surface area contributed by atoms with Gasteiger partial charge in [0.2, 0.25) is 5.78 Å². The number of benzene rings is 1. The lowest BCUT2D eigenvalue weighted by Crippen LogP contribution is -2.16. The molecule has 3 nitrogen and oxygen atoms in total. The van der Waals surface area contributed by atoms with Gasteiger partial charge in [-0.2, -0.15) is 0 Å². The van der Waals surface area contributed by atoms with E-state index in [0.717, 1.165) is 5.56 Å². The smallest absolute Gasteiger partial charge is 0.341 e. The highest BCUT2D eigenvalue weighted by molar-refractivity contribution is 6.23. The van der Waals surface area contributed by atoms with Crippen LogP contribution < -0.4 is 0 Å². The minimum Gasteiger partial charge on any atom is -0.462 e. The summed E-state index contributed by atoms with van der Waals surface area (Å²) in [5, 5.41) is 0. The number of carbonyl (C=O) groups excluding carboxylic acids is 2. The number of hydrogen-bond acceptors (Lipinski definition) is 3. The fourth-order valence-electron chi connectivity index (χ4n) is 1.29. The fourth-order valence-corrected chi connectivity index (χ4v) is 1.29. The molecule has 17 heavy (non-hydrogen) atoms. The molecule has 0 saturated heterocycles.